The Labute approximate surface area is 102 Å². The van der Waals surface area contributed by atoms with Crippen molar-refractivity contribution in [3.05, 3.63) is 11.4 Å². The molecule has 0 bridgehead atoms. The van der Waals surface area contributed by atoms with Crippen molar-refractivity contribution >= 4 is 5.97 Å². The van der Waals surface area contributed by atoms with E-state index in [1.54, 1.807) is 0 Å². The molecule has 2 rings (SSSR count). The van der Waals surface area contributed by atoms with Crippen LogP contribution >= 0.6 is 0 Å². The molecule has 100 valence electrons. The van der Waals surface area contributed by atoms with E-state index in [4.69, 9.17) is 10.8 Å². The molecular weight excluding hydrogens is 246 g/mol. The van der Waals surface area contributed by atoms with Crippen LogP contribution in [0, 0.1) is 0 Å². The molecule has 0 atom stereocenters. The quantitative estimate of drug-likeness (QED) is 0.851. The first-order valence-electron chi connectivity index (χ1n) is 5.70. The minimum atomic E-state index is -2.66. The van der Waals surface area contributed by atoms with Crippen LogP contribution in [0.15, 0.2) is 0 Å². The van der Waals surface area contributed by atoms with Crippen LogP contribution < -0.4 is 5.73 Å². The van der Waals surface area contributed by atoms with Crippen LogP contribution in [0.1, 0.15) is 47.9 Å². The average molecular weight is 260 g/mol. The van der Waals surface area contributed by atoms with Gasteiger partial charge in [0.25, 0.3) is 0 Å². The molecule has 6 nitrogen and oxygen atoms in total. The molecule has 8 heteroatoms. The number of aromatic nitrogens is 3. The standard InChI is InChI=1S/C10H14F2N4O2/c11-10(12)3-1-6(2-4-10)16-8(9(17)18)7(5-13)14-15-16/h6H,1-5,13H2,(H,17,18). The van der Waals surface area contributed by atoms with Crippen molar-refractivity contribution in [3.8, 4) is 0 Å². The van der Waals surface area contributed by atoms with Gasteiger partial charge in [0, 0.05) is 19.4 Å². The van der Waals surface area contributed by atoms with Gasteiger partial charge in [0.05, 0.1) is 6.04 Å². The highest BCUT2D eigenvalue weighted by atomic mass is 19.3. The maximum absolute atomic E-state index is 13.0. The summed E-state index contributed by atoms with van der Waals surface area (Å²) in [7, 11) is 0. The first kappa shape index (κ1) is 12.9. The topological polar surface area (TPSA) is 94.0 Å². The molecule has 0 spiro atoms. The lowest BCUT2D eigenvalue weighted by Gasteiger charge is -2.28. The van der Waals surface area contributed by atoms with Crippen molar-refractivity contribution in [1.29, 1.82) is 0 Å². The lowest BCUT2D eigenvalue weighted by molar-refractivity contribution is -0.0453. The molecule has 1 fully saturated rings. The Balaban J connectivity index is 2.24. The number of aromatic carboxylic acids is 1. The molecule has 18 heavy (non-hydrogen) atoms. The molecule has 0 aromatic carbocycles. The maximum Gasteiger partial charge on any atom is 0.356 e. The minimum Gasteiger partial charge on any atom is -0.476 e. The molecular formula is C10H14F2N4O2. The third-order valence-electron chi connectivity index (χ3n) is 3.19. The Hall–Kier alpha value is -1.57. The van der Waals surface area contributed by atoms with Gasteiger partial charge >= 0.3 is 5.97 Å². The number of carboxylic acid groups (broad SMARTS) is 1. The molecule has 0 unspecified atom stereocenters. The summed E-state index contributed by atoms with van der Waals surface area (Å²) >= 11 is 0. The van der Waals surface area contributed by atoms with Gasteiger partial charge in [-0.3, -0.25) is 0 Å². The monoisotopic (exact) mass is 260 g/mol. The fourth-order valence-corrected chi connectivity index (χ4v) is 2.21. The van der Waals surface area contributed by atoms with Crippen molar-refractivity contribution in [2.24, 2.45) is 5.73 Å². The van der Waals surface area contributed by atoms with Crippen LogP contribution in [-0.4, -0.2) is 32.0 Å². The fraction of sp³-hybridized carbons (Fsp3) is 0.700. The van der Waals surface area contributed by atoms with Gasteiger partial charge in [-0.15, -0.1) is 5.10 Å². The van der Waals surface area contributed by atoms with Gasteiger partial charge in [0.1, 0.15) is 5.69 Å². The van der Waals surface area contributed by atoms with Gasteiger partial charge in [0.15, 0.2) is 5.69 Å². The highest BCUT2D eigenvalue weighted by Gasteiger charge is 2.37. The summed E-state index contributed by atoms with van der Waals surface area (Å²) in [6, 6.07) is -0.344. The van der Waals surface area contributed by atoms with Crippen LogP contribution in [0.5, 0.6) is 0 Å². The van der Waals surface area contributed by atoms with Crippen LogP contribution in [0.3, 0.4) is 0 Å². The first-order chi connectivity index (χ1) is 8.44. The van der Waals surface area contributed by atoms with Crippen molar-refractivity contribution in [1.82, 2.24) is 15.0 Å². The van der Waals surface area contributed by atoms with Gasteiger partial charge in [-0.1, -0.05) is 5.21 Å². The lowest BCUT2D eigenvalue weighted by Crippen LogP contribution is -2.28. The lowest BCUT2D eigenvalue weighted by atomic mass is 9.92. The van der Waals surface area contributed by atoms with Crippen molar-refractivity contribution < 1.29 is 18.7 Å². The molecule has 1 aromatic heterocycles. The smallest absolute Gasteiger partial charge is 0.356 e. The fourth-order valence-electron chi connectivity index (χ4n) is 2.21. The number of hydrogen-bond donors (Lipinski definition) is 2. The zero-order valence-corrected chi connectivity index (χ0v) is 9.64. The Morgan fingerprint density at radius 1 is 1.50 bits per heavy atom. The Morgan fingerprint density at radius 2 is 2.11 bits per heavy atom. The molecule has 3 N–H and O–H groups in total. The highest BCUT2D eigenvalue weighted by Crippen LogP contribution is 2.38. The Bertz CT molecular complexity index is 451. The number of halogens is 2. The summed E-state index contributed by atoms with van der Waals surface area (Å²) in [5, 5.41) is 16.5. The summed E-state index contributed by atoms with van der Waals surface area (Å²) in [4.78, 5) is 11.1. The van der Waals surface area contributed by atoms with Crippen LogP contribution in [0.25, 0.3) is 0 Å². The van der Waals surface area contributed by atoms with E-state index in [-0.39, 0.29) is 49.7 Å². The van der Waals surface area contributed by atoms with Gasteiger partial charge in [-0.25, -0.2) is 18.3 Å². The largest absolute Gasteiger partial charge is 0.476 e. The van der Waals surface area contributed by atoms with Crippen molar-refractivity contribution in [3.63, 3.8) is 0 Å². The van der Waals surface area contributed by atoms with Crippen LogP contribution in [0.2, 0.25) is 0 Å². The van der Waals surface area contributed by atoms with Crippen LogP contribution in [-0.2, 0) is 6.54 Å². The van der Waals surface area contributed by atoms with E-state index in [1.165, 1.54) is 4.68 Å². The summed E-state index contributed by atoms with van der Waals surface area (Å²) in [6.45, 7) is -0.0372. The predicted octanol–water partition coefficient (Wildman–Crippen LogP) is 1.19. The molecule has 0 amide bonds. The van der Waals surface area contributed by atoms with E-state index in [0.717, 1.165) is 0 Å². The normalized spacial score (nSPS) is 19.9. The number of rotatable bonds is 3. The molecule has 1 heterocycles. The van der Waals surface area contributed by atoms with E-state index in [2.05, 4.69) is 10.3 Å². The third-order valence-corrected chi connectivity index (χ3v) is 3.19. The molecule has 1 aliphatic rings. The number of carbonyl (C=O) groups is 1. The summed E-state index contributed by atoms with van der Waals surface area (Å²) in [5.41, 5.74) is 5.47. The van der Waals surface area contributed by atoms with Crippen molar-refractivity contribution in [2.45, 2.75) is 44.2 Å². The van der Waals surface area contributed by atoms with E-state index in [0.29, 0.717) is 0 Å². The number of nitrogens with zero attached hydrogens (tertiary/aromatic N) is 3. The van der Waals surface area contributed by atoms with E-state index < -0.39 is 11.9 Å². The molecule has 0 saturated heterocycles. The molecule has 0 aliphatic heterocycles. The molecule has 1 saturated carbocycles. The highest BCUT2D eigenvalue weighted by molar-refractivity contribution is 5.86. The van der Waals surface area contributed by atoms with E-state index in [9.17, 15) is 13.6 Å². The minimum absolute atomic E-state index is 0.0372. The third kappa shape index (κ3) is 2.33. The molecule has 1 aromatic rings. The first-order valence-corrected chi connectivity index (χ1v) is 5.70. The van der Waals surface area contributed by atoms with Crippen LogP contribution in [0.4, 0.5) is 8.78 Å². The predicted molar refractivity (Wildman–Crippen MR) is 57.3 cm³/mol. The second-order valence-corrected chi connectivity index (χ2v) is 4.43. The zero-order valence-electron chi connectivity index (χ0n) is 9.64. The SMILES string of the molecule is NCc1nnn(C2CCC(F)(F)CC2)c1C(=O)O. The number of carboxylic acids is 1. The van der Waals surface area contributed by atoms with Gasteiger partial charge in [-0.05, 0) is 12.8 Å². The second kappa shape index (κ2) is 4.60. The summed E-state index contributed by atoms with van der Waals surface area (Å²) < 4.78 is 27.3. The Kier molecular flexibility index (Phi) is 3.29. The van der Waals surface area contributed by atoms with Gasteiger partial charge < -0.3 is 10.8 Å². The molecule has 1 aliphatic carbocycles. The summed E-state index contributed by atoms with van der Waals surface area (Å²) in [5.74, 6) is -3.84. The van der Waals surface area contributed by atoms with E-state index >= 15 is 0 Å². The van der Waals surface area contributed by atoms with E-state index in [1.807, 2.05) is 0 Å². The van der Waals surface area contributed by atoms with Gasteiger partial charge in [-0.2, -0.15) is 0 Å². The average Bonchev–Trinajstić information content (AvgIpc) is 2.72. The number of hydrogen-bond acceptors (Lipinski definition) is 4. The maximum atomic E-state index is 13.0. The number of nitrogens with two attached hydrogens (primary N) is 1. The molecule has 0 radical (unpaired) electrons. The van der Waals surface area contributed by atoms with Crippen molar-refractivity contribution in [2.75, 3.05) is 0 Å². The summed E-state index contributed by atoms with van der Waals surface area (Å²) in [6.07, 6.45) is -0.121. The zero-order chi connectivity index (χ0) is 13.3. The second-order valence-electron chi connectivity index (χ2n) is 4.43. The number of alkyl halides is 2. The Morgan fingerprint density at radius 3 is 2.61 bits per heavy atom. The van der Waals surface area contributed by atoms with Gasteiger partial charge in [0.2, 0.25) is 5.92 Å².